The fourth-order valence-corrected chi connectivity index (χ4v) is 2.81. The Bertz CT molecular complexity index is 760. The number of rotatable bonds is 10. The summed E-state index contributed by atoms with van der Waals surface area (Å²) < 4.78 is 10.5. The Morgan fingerprint density at radius 2 is 1.81 bits per heavy atom. The largest absolute Gasteiger partial charge is 0.497 e. The summed E-state index contributed by atoms with van der Waals surface area (Å²) in [5.41, 5.74) is 1.85. The van der Waals surface area contributed by atoms with E-state index in [0.29, 0.717) is 24.3 Å². The molecule has 144 valence electrons. The Morgan fingerprint density at radius 1 is 1.07 bits per heavy atom. The summed E-state index contributed by atoms with van der Waals surface area (Å²) in [4.78, 5) is 23.6. The van der Waals surface area contributed by atoms with Crippen molar-refractivity contribution in [2.75, 3.05) is 14.2 Å². The van der Waals surface area contributed by atoms with Crippen LogP contribution in [0.1, 0.15) is 24.0 Å². The van der Waals surface area contributed by atoms with Crippen LogP contribution in [0.4, 0.5) is 0 Å². The molecule has 1 amide bonds. The van der Waals surface area contributed by atoms with Gasteiger partial charge < -0.3 is 19.9 Å². The highest BCUT2D eigenvalue weighted by Gasteiger charge is 2.20. The van der Waals surface area contributed by atoms with Gasteiger partial charge in [-0.25, -0.2) is 4.79 Å². The van der Waals surface area contributed by atoms with Gasteiger partial charge in [-0.05, 0) is 30.0 Å². The van der Waals surface area contributed by atoms with Crippen molar-refractivity contribution in [3.63, 3.8) is 0 Å². The normalized spacial score (nSPS) is 11.5. The van der Waals surface area contributed by atoms with Gasteiger partial charge in [0.1, 0.15) is 17.5 Å². The fraction of sp³-hybridized carbons (Fsp3) is 0.333. The number of aliphatic carboxylic acids is 1. The van der Waals surface area contributed by atoms with Gasteiger partial charge in [-0.1, -0.05) is 36.4 Å². The molecule has 0 aliphatic carbocycles. The third-order valence-corrected chi connectivity index (χ3v) is 4.26. The molecule has 1 atom stereocenters. The highest BCUT2D eigenvalue weighted by molar-refractivity contribution is 5.83. The summed E-state index contributed by atoms with van der Waals surface area (Å²) in [6.07, 6.45) is 1.74. The van der Waals surface area contributed by atoms with Crippen LogP contribution in [-0.4, -0.2) is 37.2 Å². The van der Waals surface area contributed by atoms with E-state index in [0.717, 1.165) is 11.1 Å². The minimum absolute atomic E-state index is 0.244. The molecule has 2 N–H and O–H groups in total. The molecule has 0 aromatic heterocycles. The number of nitrogens with one attached hydrogen (secondary N) is 1. The molecule has 2 aromatic carbocycles. The standard InChI is InChI=1S/C21H25NO5/c1-26-17-12-11-16(19(14-17)27-2)9-6-10-20(23)22-18(21(24)25)13-15-7-4-3-5-8-15/h3-5,7-8,11-12,14,18H,6,9-10,13H2,1-2H3,(H,22,23)(H,24,25)/t18-/m1/s1. The Labute approximate surface area is 159 Å². The van der Waals surface area contributed by atoms with Crippen molar-refractivity contribution in [1.82, 2.24) is 5.32 Å². The first kappa shape index (κ1) is 20.3. The molecule has 0 aliphatic rings. The summed E-state index contributed by atoms with van der Waals surface area (Å²) >= 11 is 0. The van der Waals surface area contributed by atoms with Crippen LogP contribution in [0.2, 0.25) is 0 Å². The topological polar surface area (TPSA) is 84.9 Å². The molecule has 6 nitrogen and oxygen atoms in total. The number of amides is 1. The summed E-state index contributed by atoms with van der Waals surface area (Å²) in [6, 6.07) is 13.9. The maximum absolute atomic E-state index is 12.2. The zero-order valence-electron chi connectivity index (χ0n) is 15.6. The van der Waals surface area contributed by atoms with E-state index in [-0.39, 0.29) is 18.7 Å². The van der Waals surface area contributed by atoms with Crippen molar-refractivity contribution in [2.45, 2.75) is 31.7 Å². The smallest absolute Gasteiger partial charge is 0.326 e. The minimum Gasteiger partial charge on any atom is -0.497 e. The van der Waals surface area contributed by atoms with Crippen LogP contribution in [0.15, 0.2) is 48.5 Å². The van der Waals surface area contributed by atoms with Gasteiger partial charge in [0.25, 0.3) is 0 Å². The maximum atomic E-state index is 12.2. The molecular formula is C21H25NO5. The van der Waals surface area contributed by atoms with Gasteiger partial charge in [-0.3, -0.25) is 4.79 Å². The second-order valence-electron chi connectivity index (χ2n) is 6.18. The van der Waals surface area contributed by atoms with Crippen molar-refractivity contribution in [3.05, 3.63) is 59.7 Å². The first-order valence-corrected chi connectivity index (χ1v) is 8.80. The molecule has 0 unspecified atom stereocenters. The van der Waals surface area contributed by atoms with Crippen molar-refractivity contribution in [2.24, 2.45) is 0 Å². The van der Waals surface area contributed by atoms with Crippen molar-refractivity contribution in [1.29, 1.82) is 0 Å². The number of carbonyl (C=O) groups is 2. The third kappa shape index (κ3) is 6.33. The molecule has 0 radical (unpaired) electrons. The van der Waals surface area contributed by atoms with Crippen molar-refractivity contribution in [3.8, 4) is 11.5 Å². The third-order valence-electron chi connectivity index (χ3n) is 4.26. The molecule has 0 bridgehead atoms. The van der Waals surface area contributed by atoms with Gasteiger partial charge in [0, 0.05) is 18.9 Å². The zero-order valence-corrected chi connectivity index (χ0v) is 15.6. The van der Waals surface area contributed by atoms with Crippen molar-refractivity contribution < 1.29 is 24.2 Å². The van der Waals surface area contributed by atoms with Crippen LogP contribution in [-0.2, 0) is 22.4 Å². The molecule has 0 heterocycles. The van der Waals surface area contributed by atoms with Gasteiger partial charge in [0.2, 0.25) is 5.91 Å². The molecule has 0 saturated heterocycles. The molecule has 0 aliphatic heterocycles. The lowest BCUT2D eigenvalue weighted by molar-refractivity contribution is -0.141. The second-order valence-corrected chi connectivity index (χ2v) is 6.18. The average Bonchev–Trinajstić information content (AvgIpc) is 2.68. The number of hydrogen-bond acceptors (Lipinski definition) is 4. The highest BCUT2D eigenvalue weighted by atomic mass is 16.5. The first-order valence-electron chi connectivity index (χ1n) is 8.80. The molecule has 6 heteroatoms. The Morgan fingerprint density at radius 3 is 2.44 bits per heavy atom. The lowest BCUT2D eigenvalue weighted by atomic mass is 10.0. The number of ether oxygens (including phenoxy) is 2. The Balaban J connectivity index is 1.86. The number of methoxy groups -OCH3 is 2. The first-order chi connectivity index (χ1) is 13.0. The van der Waals surface area contributed by atoms with E-state index >= 15 is 0 Å². The summed E-state index contributed by atoms with van der Waals surface area (Å²) in [5, 5.41) is 12.0. The molecule has 0 fully saturated rings. The van der Waals surface area contributed by atoms with Crippen LogP contribution in [0.5, 0.6) is 11.5 Å². The van der Waals surface area contributed by atoms with E-state index in [1.54, 1.807) is 20.3 Å². The van der Waals surface area contributed by atoms with Gasteiger partial charge in [-0.2, -0.15) is 0 Å². The average molecular weight is 371 g/mol. The number of carboxylic acids is 1. The van der Waals surface area contributed by atoms with Gasteiger partial charge in [0.05, 0.1) is 14.2 Å². The van der Waals surface area contributed by atoms with Crippen LogP contribution < -0.4 is 14.8 Å². The molecule has 2 rings (SSSR count). The highest BCUT2D eigenvalue weighted by Crippen LogP contribution is 2.25. The molecule has 2 aromatic rings. The number of carbonyl (C=O) groups excluding carboxylic acids is 1. The minimum atomic E-state index is -1.04. The number of aryl methyl sites for hydroxylation is 1. The number of benzene rings is 2. The van der Waals surface area contributed by atoms with Crippen LogP contribution in [0.25, 0.3) is 0 Å². The number of carboxylic acid groups (broad SMARTS) is 1. The van der Waals surface area contributed by atoms with E-state index in [1.807, 2.05) is 42.5 Å². The molecule has 0 saturated carbocycles. The predicted octanol–water partition coefficient (Wildman–Crippen LogP) is 2.84. The Kier molecular flexibility index (Phi) is 7.67. The van der Waals surface area contributed by atoms with Gasteiger partial charge in [0.15, 0.2) is 0 Å². The van der Waals surface area contributed by atoms with E-state index in [9.17, 15) is 14.7 Å². The Hall–Kier alpha value is -3.02. The lowest BCUT2D eigenvalue weighted by Crippen LogP contribution is -2.42. The zero-order chi connectivity index (χ0) is 19.6. The lowest BCUT2D eigenvalue weighted by Gasteiger charge is -2.15. The van der Waals surface area contributed by atoms with Crippen LogP contribution in [0.3, 0.4) is 0 Å². The fourth-order valence-electron chi connectivity index (χ4n) is 2.81. The van der Waals surface area contributed by atoms with Crippen molar-refractivity contribution >= 4 is 11.9 Å². The van der Waals surface area contributed by atoms with Crippen LogP contribution >= 0.6 is 0 Å². The molecule has 27 heavy (non-hydrogen) atoms. The predicted molar refractivity (Wildman–Crippen MR) is 102 cm³/mol. The summed E-state index contributed by atoms with van der Waals surface area (Å²) in [5.74, 6) is 0.107. The summed E-state index contributed by atoms with van der Waals surface area (Å²) in [7, 11) is 3.18. The van der Waals surface area contributed by atoms with Gasteiger partial charge >= 0.3 is 5.97 Å². The maximum Gasteiger partial charge on any atom is 0.326 e. The molecular weight excluding hydrogens is 346 g/mol. The molecule has 0 spiro atoms. The van der Waals surface area contributed by atoms with E-state index in [4.69, 9.17) is 9.47 Å². The van der Waals surface area contributed by atoms with E-state index < -0.39 is 12.0 Å². The summed E-state index contributed by atoms with van der Waals surface area (Å²) in [6.45, 7) is 0. The van der Waals surface area contributed by atoms with Gasteiger partial charge in [-0.15, -0.1) is 0 Å². The second kappa shape index (κ2) is 10.2. The SMILES string of the molecule is COc1ccc(CCCC(=O)N[C@H](Cc2ccccc2)C(=O)O)c(OC)c1. The van der Waals surface area contributed by atoms with E-state index in [1.165, 1.54) is 0 Å². The van der Waals surface area contributed by atoms with E-state index in [2.05, 4.69) is 5.32 Å². The quantitative estimate of drug-likeness (QED) is 0.671. The monoisotopic (exact) mass is 371 g/mol. The number of hydrogen-bond donors (Lipinski definition) is 2. The van der Waals surface area contributed by atoms with Crippen LogP contribution in [0, 0.1) is 0 Å².